The van der Waals surface area contributed by atoms with Crippen molar-refractivity contribution in [1.82, 2.24) is 25.7 Å². The van der Waals surface area contributed by atoms with E-state index in [9.17, 15) is 4.79 Å². The molecule has 0 aliphatic heterocycles. The van der Waals surface area contributed by atoms with Crippen molar-refractivity contribution in [3.63, 3.8) is 0 Å². The number of aromatic nitrogens is 2. The number of alkyl carbamates (subject to hydrolysis) is 1. The fourth-order valence-corrected chi connectivity index (χ4v) is 2.62. The maximum Gasteiger partial charge on any atom is 0.408 e. The van der Waals surface area contributed by atoms with Crippen LogP contribution < -0.4 is 16.0 Å². The van der Waals surface area contributed by atoms with Crippen molar-refractivity contribution < 1.29 is 9.53 Å². The summed E-state index contributed by atoms with van der Waals surface area (Å²) in [7, 11) is 0. The van der Waals surface area contributed by atoms with Gasteiger partial charge in [0, 0.05) is 25.5 Å². The SMILES string of the molecule is CCNC(=NCc1ccc(-n2cccn2)cc1)NCC(C)(C)NC(=O)OC(C)(C)C. The highest BCUT2D eigenvalue weighted by Crippen LogP contribution is 2.10. The van der Waals surface area contributed by atoms with Crippen LogP contribution in [0, 0.1) is 0 Å². The van der Waals surface area contributed by atoms with Crippen molar-refractivity contribution in [1.29, 1.82) is 0 Å². The molecule has 0 saturated heterocycles. The molecule has 2 rings (SSSR count). The van der Waals surface area contributed by atoms with E-state index in [4.69, 9.17) is 4.74 Å². The molecule has 8 nitrogen and oxygen atoms in total. The Kier molecular flexibility index (Phi) is 7.86. The zero-order chi connectivity index (χ0) is 22.2. The van der Waals surface area contributed by atoms with Gasteiger partial charge in [-0.25, -0.2) is 14.5 Å². The van der Waals surface area contributed by atoms with Crippen LogP contribution >= 0.6 is 0 Å². The minimum absolute atomic E-state index is 0.437. The summed E-state index contributed by atoms with van der Waals surface area (Å²) >= 11 is 0. The van der Waals surface area contributed by atoms with Crippen LogP contribution in [0.2, 0.25) is 0 Å². The number of guanidine groups is 1. The number of carbonyl (C=O) groups is 1. The molecular formula is C22H34N6O2. The number of amides is 1. The van der Waals surface area contributed by atoms with Gasteiger partial charge in [0.25, 0.3) is 0 Å². The molecule has 0 aliphatic carbocycles. The van der Waals surface area contributed by atoms with Crippen molar-refractivity contribution in [2.75, 3.05) is 13.1 Å². The van der Waals surface area contributed by atoms with Gasteiger partial charge in [-0.3, -0.25) is 0 Å². The van der Waals surface area contributed by atoms with Gasteiger partial charge in [0.05, 0.1) is 17.8 Å². The normalized spacial score (nSPS) is 12.4. The highest BCUT2D eigenvalue weighted by Gasteiger charge is 2.24. The lowest BCUT2D eigenvalue weighted by Crippen LogP contribution is -2.54. The van der Waals surface area contributed by atoms with Gasteiger partial charge in [0.2, 0.25) is 0 Å². The minimum atomic E-state index is -0.531. The Bertz CT molecular complexity index is 820. The van der Waals surface area contributed by atoms with Crippen molar-refractivity contribution in [3.8, 4) is 5.69 Å². The van der Waals surface area contributed by atoms with E-state index >= 15 is 0 Å². The first-order valence-corrected chi connectivity index (χ1v) is 10.2. The van der Waals surface area contributed by atoms with Gasteiger partial charge in [-0.1, -0.05) is 12.1 Å². The summed E-state index contributed by atoms with van der Waals surface area (Å²) in [6.45, 7) is 13.2. The lowest BCUT2D eigenvalue weighted by atomic mass is 10.1. The van der Waals surface area contributed by atoms with E-state index in [1.807, 2.05) is 82.8 Å². The molecule has 1 heterocycles. The second-order valence-corrected chi connectivity index (χ2v) is 8.68. The molecule has 1 amide bonds. The predicted octanol–water partition coefficient (Wildman–Crippen LogP) is 3.23. The second kappa shape index (κ2) is 10.1. The third-order valence-electron chi connectivity index (χ3n) is 4.01. The lowest BCUT2D eigenvalue weighted by Gasteiger charge is -2.29. The fraction of sp³-hybridized carbons (Fsp3) is 0.500. The van der Waals surface area contributed by atoms with Crippen LogP contribution in [0.4, 0.5) is 4.79 Å². The maximum absolute atomic E-state index is 12.1. The highest BCUT2D eigenvalue weighted by molar-refractivity contribution is 5.80. The maximum atomic E-state index is 12.1. The number of hydrogen-bond donors (Lipinski definition) is 3. The van der Waals surface area contributed by atoms with Crippen molar-refractivity contribution in [2.45, 2.75) is 59.2 Å². The fourth-order valence-electron chi connectivity index (χ4n) is 2.62. The Hall–Kier alpha value is -3.03. The number of ether oxygens (including phenoxy) is 1. The first kappa shape index (κ1) is 23.3. The largest absolute Gasteiger partial charge is 0.444 e. The summed E-state index contributed by atoms with van der Waals surface area (Å²) in [6.07, 6.45) is 3.23. The van der Waals surface area contributed by atoms with Crippen LogP contribution in [-0.4, -0.2) is 46.1 Å². The predicted molar refractivity (Wildman–Crippen MR) is 120 cm³/mol. The average molecular weight is 415 g/mol. The van der Waals surface area contributed by atoms with Crippen LogP contribution in [0.25, 0.3) is 5.69 Å². The molecule has 8 heteroatoms. The number of nitrogens with zero attached hydrogens (tertiary/aromatic N) is 3. The van der Waals surface area contributed by atoms with Crippen LogP contribution in [-0.2, 0) is 11.3 Å². The Labute approximate surface area is 179 Å². The summed E-state index contributed by atoms with van der Waals surface area (Å²) in [4.78, 5) is 16.7. The smallest absolute Gasteiger partial charge is 0.408 e. The van der Waals surface area contributed by atoms with Gasteiger partial charge < -0.3 is 20.7 Å². The van der Waals surface area contributed by atoms with Crippen LogP contribution in [0.1, 0.15) is 47.1 Å². The summed E-state index contributed by atoms with van der Waals surface area (Å²) in [6, 6.07) is 10.0. The van der Waals surface area contributed by atoms with Gasteiger partial charge in [-0.2, -0.15) is 5.10 Å². The van der Waals surface area contributed by atoms with Gasteiger partial charge in [-0.15, -0.1) is 0 Å². The summed E-state index contributed by atoms with van der Waals surface area (Å²) < 4.78 is 7.16. The molecule has 1 aromatic heterocycles. The Balaban J connectivity index is 1.92. The summed E-state index contributed by atoms with van der Waals surface area (Å²) in [5, 5.41) is 13.6. The number of carbonyl (C=O) groups excluding carboxylic acids is 1. The molecule has 0 saturated carbocycles. The third-order valence-corrected chi connectivity index (χ3v) is 4.01. The van der Waals surface area contributed by atoms with Gasteiger partial charge in [-0.05, 0) is 65.3 Å². The van der Waals surface area contributed by atoms with E-state index in [0.717, 1.165) is 17.8 Å². The average Bonchev–Trinajstić information content (AvgIpc) is 3.17. The molecule has 30 heavy (non-hydrogen) atoms. The van der Waals surface area contributed by atoms with Gasteiger partial charge in [0.1, 0.15) is 5.60 Å². The Morgan fingerprint density at radius 1 is 1.13 bits per heavy atom. The number of rotatable bonds is 7. The van der Waals surface area contributed by atoms with E-state index in [1.165, 1.54) is 0 Å². The topological polar surface area (TPSA) is 92.6 Å². The van der Waals surface area contributed by atoms with E-state index in [2.05, 4.69) is 26.0 Å². The third kappa shape index (κ3) is 8.14. The number of nitrogens with one attached hydrogen (secondary N) is 3. The lowest BCUT2D eigenvalue weighted by molar-refractivity contribution is 0.0474. The van der Waals surface area contributed by atoms with Crippen LogP contribution in [0.15, 0.2) is 47.7 Å². The van der Waals surface area contributed by atoms with E-state index in [1.54, 1.807) is 6.20 Å². The van der Waals surface area contributed by atoms with Crippen LogP contribution in [0.5, 0.6) is 0 Å². The van der Waals surface area contributed by atoms with Crippen molar-refractivity contribution in [3.05, 3.63) is 48.3 Å². The zero-order valence-corrected chi connectivity index (χ0v) is 18.8. The van der Waals surface area contributed by atoms with Crippen molar-refractivity contribution >= 4 is 12.1 Å². The Morgan fingerprint density at radius 2 is 1.83 bits per heavy atom. The number of benzene rings is 1. The van der Waals surface area contributed by atoms with E-state index in [0.29, 0.717) is 19.0 Å². The van der Waals surface area contributed by atoms with Crippen molar-refractivity contribution in [2.24, 2.45) is 4.99 Å². The molecular weight excluding hydrogens is 380 g/mol. The highest BCUT2D eigenvalue weighted by atomic mass is 16.6. The van der Waals surface area contributed by atoms with Gasteiger partial charge >= 0.3 is 6.09 Å². The van der Waals surface area contributed by atoms with Gasteiger partial charge in [0.15, 0.2) is 5.96 Å². The first-order chi connectivity index (χ1) is 14.1. The molecule has 0 unspecified atom stereocenters. The minimum Gasteiger partial charge on any atom is -0.444 e. The standard InChI is InChI=1S/C22H34N6O2/c1-7-23-19(25-16-22(5,6)27-20(29)30-21(2,3)4)24-15-17-9-11-18(12-10-17)28-14-8-13-26-28/h8-14H,7,15-16H2,1-6H3,(H,27,29)(H2,23,24,25). The molecule has 0 spiro atoms. The number of hydrogen-bond acceptors (Lipinski definition) is 4. The van der Waals surface area contributed by atoms with E-state index < -0.39 is 17.2 Å². The molecule has 0 radical (unpaired) electrons. The summed E-state index contributed by atoms with van der Waals surface area (Å²) in [5.41, 5.74) is 1.06. The molecule has 1 aromatic carbocycles. The van der Waals surface area contributed by atoms with Crippen LogP contribution in [0.3, 0.4) is 0 Å². The zero-order valence-electron chi connectivity index (χ0n) is 18.8. The number of aliphatic imine (C=N–C) groups is 1. The molecule has 3 N–H and O–H groups in total. The molecule has 2 aromatic rings. The molecule has 0 aliphatic rings. The van der Waals surface area contributed by atoms with E-state index in [-0.39, 0.29) is 0 Å². The molecule has 164 valence electrons. The first-order valence-electron chi connectivity index (χ1n) is 10.2. The quantitative estimate of drug-likeness (QED) is 0.478. The summed E-state index contributed by atoms with van der Waals surface area (Å²) in [5.74, 6) is 0.688. The Morgan fingerprint density at radius 3 is 2.40 bits per heavy atom. The molecule has 0 fully saturated rings. The monoisotopic (exact) mass is 414 g/mol. The molecule has 0 atom stereocenters. The molecule has 0 bridgehead atoms. The second-order valence-electron chi connectivity index (χ2n) is 8.68.